The lowest BCUT2D eigenvalue weighted by atomic mass is 9.98. The van der Waals surface area contributed by atoms with Crippen LogP contribution in [0.4, 0.5) is 0 Å². The fourth-order valence-corrected chi connectivity index (χ4v) is 5.14. The van der Waals surface area contributed by atoms with Gasteiger partial charge in [0.2, 0.25) is 0 Å². The molecule has 2 atom stereocenters. The summed E-state index contributed by atoms with van der Waals surface area (Å²) in [7, 11) is 0. The second-order valence-electron chi connectivity index (χ2n) is 7.88. The van der Waals surface area contributed by atoms with E-state index < -0.39 is 17.7 Å². The first-order valence-corrected chi connectivity index (χ1v) is 11.1. The highest BCUT2D eigenvalue weighted by Gasteiger charge is 2.46. The second kappa shape index (κ2) is 7.71. The Hall–Kier alpha value is -3.38. The van der Waals surface area contributed by atoms with Crippen LogP contribution in [0.1, 0.15) is 34.5 Å². The van der Waals surface area contributed by atoms with Gasteiger partial charge in [0.1, 0.15) is 17.6 Å². The van der Waals surface area contributed by atoms with Gasteiger partial charge in [-0.2, -0.15) is 0 Å². The lowest BCUT2D eigenvalue weighted by molar-refractivity contribution is -0.140. The normalized spacial score (nSPS) is 21.9. The Kier molecular flexibility index (Phi) is 4.87. The van der Waals surface area contributed by atoms with Crippen LogP contribution in [0.3, 0.4) is 0 Å². The van der Waals surface area contributed by atoms with Crippen molar-refractivity contribution in [3.8, 4) is 5.75 Å². The molecule has 0 radical (unpaired) electrons. The summed E-state index contributed by atoms with van der Waals surface area (Å²) in [5.41, 5.74) is 2.57. The van der Waals surface area contributed by atoms with Crippen LogP contribution < -0.4 is 4.74 Å². The van der Waals surface area contributed by atoms with Crippen molar-refractivity contribution in [2.24, 2.45) is 0 Å². The number of hydrogen-bond donors (Lipinski definition) is 1. The molecule has 1 amide bonds. The fraction of sp³-hybridized carbons (Fsp3) is 0.200. The minimum Gasteiger partial charge on any atom is -0.507 e. The van der Waals surface area contributed by atoms with Gasteiger partial charge in [-0.25, -0.2) is 0 Å². The highest BCUT2D eigenvalue weighted by molar-refractivity contribution is 7.10. The van der Waals surface area contributed by atoms with Crippen LogP contribution in [-0.4, -0.2) is 27.8 Å². The van der Waals surface area contributed by atoms with Gasteiger partial charge in [-0.15, -0.1) is 11.3 Å². The van der Waals surface area contributed by atoms with E-state index in [2.05, 4.69) is 0 Å². The highest BCUT2D eigenvalue weighted by atomic mass is 32.1. The third-order valence-electron chi connectivity index (χ3n) is 5.72. The number of carbonyl (C=O) groups excluding carboxylic acids is 2. The standard InChI is InChI=1S/C25H21NO4S/c1-15-12-18-13-17(9-10-19(18)30-15)23(27)21-22(20-8-5-11-31-20)26(25(29)24(21)28)14-16-6-3-2-4-7-16/h2-11,13,15,22,27H,12,14H2,1H3/b23-21+/t15-,22+/m1/s1. The van der Waals surface area contributed by atoms with Gasteiger partial charge >= 0.3 is 0 Å². The Balaban J connectivity index is 1.60. The number of ketones is 1. The molecule has 1 aromatic heterocycles. The number of amides is 1. The van der Waals surface area contributed by atoms with Gasteiger partial charge in [0, 0.05) is 23.4 Å². The van der Waals surface area contributed by atoms with Crippen molar-refractivity contribution in [3.63, 3.8) is 0 Å². The number of aliphatic hydroxyl groups is 1. The average molecular weight is 432 g/mol. The molecule has 0 bridgehead atoms. The van der Waals surface area contributed by atoms with E-state index in [1.807, 2.05) is 66.9 Å². The van der Waals surface area contributed by atoms with E-state index in [1.165, 1.54) is 11.3 Å². The summed E-state index contributed by atoms with van der Waals surface area (Å²) in [5.74, 6) is -0.600. The second-order valence-corrected chi connectivity index (χ2v) is 8.86. The lowest BCUT2D eigenvalue weighted by Crippen LogP contribution is -2.28. The topological polar surface area (TPSA) is 66.8 Å². The molecule has 1 N–H and O–H groups in total. The highest BCUT2D eigenvalue weighted by Crippen LogP contribution is 2.42. The summed E-state index contributed by atoms with van der Waals surface area (Å²) in [4.78, 5) is 28.5. The van der Waals surface area contributed by atoms with E-state index in [1.54, 1.807) is 11.0 Å². The number of fused-ring (bicyclic) bond motifs is 1. The molecule has 0 aliphatic carbocycles. The first kappa shape index (κ1) is 19.6. The smallest absolute Gasteiger partial charge is 0.295 e. The van der Waals surface area contributed by atoms with Crippen molar-refractivity contribution in [1.82, 2.24) is 4.90 Å². The van der Waals surface area contributed by atoms with Crippen molar-refractivity contribution in [3.05, 3.63) is 93.2 Å². The van der Waals surface area contributed by atoms with E-state index >= 15 is 0 Å². The van der Waals surface area contributed by atoms with Crippen molar-refractivity contribution < 1.29 is 19.4 Å². The maximum atomic E-state index is 13.1. The van der Waals surface area contributed by atoms with Crippen LogP contribution in [0.2, 0.25) is 0 Å². The number of Topliss-reactive ketones (excluding diaryl/α,β-unsaturated/α-hetero) is 1. The first-order valence-electron chi connectivity index (χ1n) is 10.2. The molecule has 3 aromatic rings. The van der Waals surface area contributed by atoms with Crippen LogP contribution in [-0.2, 0) is 22.6 Å². The van der Waals surface area contributed by atoms with E-state index in [-0.39, 0.29) is 17.4 Å². The molecular weight excluding hydrogens is 410 g/mol. The molecule has 2 aliphatic heterocycles. The lowest BCUT2D eigenvalue weighted by Gasteiger charge is -2.24. The molecule has 1 fully saturated rings. The van der Waals surface area contributed by atoms with Gasteiger partial charge in [0.15, 0.2) is 0 Å². The van der Waals surface area contributed by atoms with Crippen LogP contribution in [0.25, 0.3) is 5.76 Å². The van der Waals surface area contributed by atoms with E-state index in [0.29, 0.717) is 12.1 Å². The molecule has 156 valence electrons. The zero-order valence-corrected chi connectivity index (χ0v) is 17.8. The van der Waals surface area contributed by atoms with E-state index in [4.69, 9.17) is 4.74 Å². The van der Waals surface area contributed by atoms with Gasteiger partial charge < -0.3 is 14.7 Å². The predicted molar refractivity (Wildman–Crippen MR) is 119 cm³/mol. The Labute approximate surface area is 184 Å². The van der Waals surface area contributed by atoms with Gasteiger partial charge in [-0.3, -0.25) is 9.59 Å². The van der Waals surface area contributed by atoms with Gasteiger partial charge in [-0.1, -0.05) is 36.4 Å². The van der Waals surface area contributed by atoms with Crippen molar-refractivity contribution in [1.29, 1.82) is 0 Å². The molecule has 5 rings (SSSR count). The summed E-state index contributed by atoms with van der Waals surface area (Å²) in [6, 6.07) is 18.1. The molecule has 0 spiro atoms. The molecule has 5 nitrogen and oxygen atoms in total. The number of nitrogens with zero attached hydrogens (tertiary/aromatic N) is 1. The molecular formula is C25H21NO4S. The predicted octanol–water partition coefficient (Wildman–Crippen LogP) is 4.69. The summed E-state index contributed by atoms with van der Waals surface area (Å²) in [5, 5.41) is 13.1. The third kappa shape index (κ3) is 3.43. The number of likely N-dealkylation sites (tertiary alicyclic amines) is 1. The van der Waals surface area contributed by atoms with Crippen LogP contribution in [0, 0.1) is 0 Å². The zero-order chi connectivity index (χ0) is 21.5. The third-order valence-corrected chi connectivity index (χ3v) is 6.64. The quantitative estimate of drug-likeness (QED) is 0.370. The minimum absolute atomic E-state index is 0.0787. The number of benzene rings is 2. The Morgan fingerprint density at radius 2 is 1.94 bits per heavy atom. The monoisotopic (exact) mass is 431 g/mol. The maximum absolute atomic E-state index is 13.1. The summed E-state index contributed by atoms with van der Waals surface area (Å²) in [6.07, 6.45) is 0.822. The van der Waals surface area contributed by atoms with Crippen LogP contribution in [0.15, 0.2) is 71.6 Å². The molecule has 31 heavy (non-hydrogen) atoms. The number of aliphatic hydroxyl groups excluding tert-OH is 1. The first-order chi connectivity index (χ1) is 15.0. The van der Waals surface area contributed by atoms with Crippen LogP contribution >= 0.6 is 11.3 Å². The van der Waals surface area contributed by atoms with Crippen LogP contribution in [0.5, 0.6) is 5.75 Å². The van der Waals surface area contributed by atoms with Crippen molar-refractivity contribution in [2.45, 2.75) is 32.0 Å². The van der Waals surface area contributed by atoms with Gasteiger partial charge in [0.25, 0.3) is 11.7 Å². The minimum atomic E-state index is -0.656. The molecule has 3 heterocycles. The molecule has 0 unspecified atom stereocenters. The van der Waals surface area contributed by atoms with E-state index in [0.717, 1.165) is 28.2 Å². The van der Waals surface area contributed by atoms with Gasteiger partial charge in [-0.05, 0) is 47.7 Å². The number of ether oxygens (including phenoxy) is 1. The number of thiophene rings is 1. The average Bonchev–Trinajstić information content (AvgIpc) is 3.48. The number of hydrogen-bond acceptors (Lipinski definition) is 5. The Morgan fingerprint density at radius 3 is 2.68 bits per heavy atom. The molecule has 6 heteroatoms. The van der Waals surface area contributed by atoms with E-state index in [9.17, 15) is 14.7 Å². The Bertz CT molecular complexity index is 1180. The largest absolute Gasteiger partial charge is 0.507 e. The molecule has 0 saturated carbocycles. The molecule has 2 aromatic carbocycles. The summed E-state index contributed by atoms with van der Waals surface area (Å²) >= 11 is 1.46. The zero-order valence-electron chi connectivity index (χ0n) is 16.9. The van der Waals surface area contributed by atoms with Crippen molar-refractivity contribution in [2.75, 3.05) is 0 Å². The number of carbonyl (C=O) groups is 2. The maximum Gasteiger partial charge on any atom is 0.295 e. The Morgan fingerprint density at radius 1 is 1.13 bits per heavy atom. The number of rotatable bonds is 4. The molecule has 2 aliphatic rings. The SMILES string of the molecule is C[C@@H]1Cc2cc(/C(O)=C3\C(=O)C(=O)N(Cc4ccccc4)[C@H]3c3cccs3)ccc2O1. The van der Waals surface area contributed by atoms with Gasteiger partial charge in [0.05, 0.1) is 11.6 Å². The summed E-state index contributed by atoms with van der Waals surface area (Å²) in [6.45, 7) is 2.28. The molecule has 1 saturated heterocycles. The van der Waals surface area contributed by atoms with Crippen molar-refractivity contribution >= 4 is 28.8 Å². The summed E-state index contributed by atoms with van der Waals surface area (Å²) < 4.78 is 5.74. The fourth-order valence-electron chi connectivity index (χ4n) is 4.29.